The van der Waals surface area contributed by atoms with Gasteiger partial charge in [0.1, 0.15) is 17.1 Å². The van der Waals surface area contributed by atoms with Crippen LogP contribution in [-0.4, -0.2) is 23.6 Å². The summed E-state index contributed by atoms with van der Waals surface area (Å²) in [6.45, 7) is 12.1. The number of carbonyl (C=O) groups is 1. The maximum Gasteiger partial charge on any atom is 0.343 e. The second-order valence-corrected chi connectivity index (χ2v) is 7.25. The van der Waals surface area contributed by atoms with E-state index in [1.54, 1.807) is 12.1 Å². The first-order chi connectivity index (χ1) is 11.6. The molecule has 0 saturated heterocycles. The molecule has 0 aliphatic carbocycles. The number of nitrogens with zero attached hydrogens (tertiary/aromatic N) is 1. The van der Waals surface area contributed by atoms with Crippen LogP contribution in [0, 0.1) is 20.8 Å². The van der Waals surface area contributed by atoms with E-state index in [1.807, 2.05) is 53.7 Å². The second kappa shape index (κ2) is 7.13. The molecule has 25 heavy (non-hydrogen) atoms. The van der Waals surface area contributed by atoms with Crippen LogP contribution < -0.4 is 10.1 Å². The first kappa shape index (κ1) is 18.8. The molecule has 2 aromatic rings. The minimum atomic E-state index is -0.479. The third-order valence-electron chi connectivity index (χ3n) is 3.57. The largest absolute Gasteiger partial charge is 0.465 e. The highest BCUT2D eigenvalue weighted by atomic mass is 16.5. The Morgan fingerprint density at radius 3 is 2.20 bits per heavy atom. The summed E-state index contributed by atoms with van der Waals surface area (Å²) >= 11 is 0. The quantitative estimate of drug-likeness (QED) is 0.809. The van der Waals surface area contributed by atoms with Crippen LogP contribution in [0.2, 0.25) is 0 Å². The smallest absolute Gasteiger partial charge is 0.343 e. The van der Waals surface area contributed by atoms with Gasteiger partial charge < -0.3 is 14.8 Å². The molecule has 0 aliphatic rings. The fourth-order valence-electron chi connectivity index (χ4n) is 2.66. The summed E-state index contributed by atoms with van der Waals surface area (Å²) in [5, 5.41) is 3.29. The van der Waals surface area contributed by atoms with Crippen molar-refractivity contribution in [1.82, 2.24) is 4.98 Å². The lowest BCUT2D eigenvalue weighted by atomic mass is 10.1. The van der Waals surface area contributed by atoms with Crippen molar-refractivity contribution in [2.45, 2.75) is 47.1 Å². The zero-order chi connectivity index (χ0) is 18.8. The standard InChI is InChI=1S/C20H26N2O3/c1-12-10-13(2)17(14(3)11-12)25-18-15(19(23)24-7)8-9-16(21-18)22-20(4,5)6/h8-11H,1-7H3,(H,21,22). The van der Waals surface area contributed by atoms with E-state index in [4.69, 9.17) is 9.47 Å². The maximum absolute atomic E-state index is 12.1. The van der Waals surface area contributed by atoms with Gasteiger partial charge in [0.15, 0.2) is 0 Å². The van der Waals surface area contributed by atoms with E-state index in [9.17, 15) is 4.79 Å². The molecule has 1 N–H and O–H groups in total. The molecule has 1 aromatic carbocycles. The molecule has 0 saturated carbocycles. The zero-order valence-electron chi connectivity index (χ0n) is 16.0. The number of anilines is 1. The number of esters is 1. The predicted molar refractivity (Wildman–Crippen MR) is 99.7 cm³/mol. The number of pyridine rings is 1. The number of rotatable bonds is 4. The number of ether oxygens (including phenoxy) is 2. The maximum atomic E-state index is 12.1. The molecular weight excluding hydrogens is 316 g/mol. The van der Waals surface area contributed by atoms with Gasteiger partial charge in [-0.1, -0.05) is 17.7 Å². The summed E-state index contributed by atoms with van der Waals surface area (Å²) in [5.41, 5.74) is 3.27. The highest BCUT2D eigenvalue weighted by molar-refractivity contribution is 5.92. The molecule has 0 aliphatic heterocycles. The normalized spacial score (nSPS) is 11.2. The van der Waals surface area contributed by atoms with Gasteiger partial charge in [-0.05, 0) is 64.8 Å². The first-order valence-electron chi connectivity index (χ1n) is 8.24. The Hall–Kier alpha value is -2.56. The molecule has 0 amide bonds. The molecule has 5 nitrogen and oxygen atoms in total. The number of methoxy groups -OCH3 is 1. The minimum absolute atomic E-state index is 0.160. The average Bonchev–Trinajstić information content (AvgIpc) is 2.48. The summed E-state index contributed by atoms with van der Waals surface area (Å²) in [7, 11) is 1.34. The van der Waals surface area contributed by atoms with Gasteiger partial charge >= 0.3 is 5.97 Å². The van der Waals surface area contributed by atoms with Crippen LogP contribution in [0.25, 0.3) is 0 Å². The lowest BCUT2D eigenvalue weighted by Crippen LogP contribution is -2.26. The fraction of sp³-hybridized carbons (Fsp3) is 0.400. The summed E-state index contributed by atoms with van der Waals surface area (Å²) in [4.78, 5) is 16.6. The van der Waals surface area contributed by atoms with Crippen LogP contribution in [0.3, 0.4) is 0 Å². The van der Waals surface area contributed by atoms with Gasteiger partial charge in [0.2, 0.25) is 5.88 Å². The van der Waals surface area contributed by atoms with Gasteiger partial charge in [-0.3, -0.25) is 0 Å². The highest BCUT2D eigenvalue weighted by Gasteiger charge is 2.19. The molecule has 134 valence electrons. The van der Waals surface area contributed by atoms with Crippen molar-refractivity contribution in [1.29, 1.82) is 0 Å². The van der Waals surface area contributed by atoms with Crippen molar-refractivity contribution in [2.75, 3.05) is 12.4 Å². The summed E-state index contributed by atoms with van der Waals surface area (Å²) in [5.74, 6) is 1.09. The van der Waals surface area contributed by atoms with Crippen LogP contribution in [0.4, 0.5) is 5.82 Å². The van der Waals surface area contributed by atoms with Crippen LogP contribution in [0.1, 0.15) is 47.8 Å². The predicted octanol–water partition coefficient (Wildman–Crippen LogP) is 4.80. The number of nitrogens with one attached hydrogen (secondary N) is 1. The molecule has 0 radical (unpaired) electrons. The summed E-state index contributed by atoms with van der Waals surface area (Å²) < 4.78 is 10.9. The van der Waals surface area contributed by atoms with E-state index >= 15 is 0 Å². The zero-order valence-corrected chi connectivity index (χ0v) is 16.0. The van der Waals surface area contributed by atoms with Crippen molar-refractivity contribution in [3.8, 4) is 11.6 Å². The van der Waals surface area contributed by atoms with Crippen molar-refractivity contribution in [3.05, 3.63) is 46.5 Å². The first-order valence-corrected chi connectivity index (χ1v) is 8.24. The third-order valence-corrected chi connectivity index (χ3v) is 3.57. The molecular formula is C20H26N2O3. The number of aromatic nitrogens is 1. The van der Waals surface area contributed by atoms with E-state index in [1.165, 1.54) is 7.11 Å². The van der Waals surface area contributed by atoms with Crippen LogP contribution >= 0.6 is 0 Å². The Labute approximate surface area is 149 Å². The summed E-state index contributed by atoms with van der Waals surface area (Å²) in [6.07, 6.45) is 0. The van der Waals surface area contributed by atoms with Gasteiger partial charge in [-0.15, -0.1) is 0 Å². The number of aryl methyl sites for hydroxylation is 3. The van der Waals surface area contributed by atoms with Gasteiger partial charge in [-0.25, -0.2) is 4.79 Å². The van der Waals surface area contributed by atoms with E-state index in [0.717, 1.165) is 16.7 Å². The Balaban J connectivity index is 2.49. The van der Waals surface area contributed by atoms with Crippen molar-refractivity contribution < 1.29 is 14.3 Å². The van der Waals surface area contributed by atoms with Crippen molar-refractivity contribution in [3.63, 3.8) is 0 Å². The van der Waals surface area contributed by atoms with E-state index < -0.39 is 5.97 Å². The molecule has 0 fully saturated rings. The Bertz CT molecular complexity index is 769. The van der Waals surface area contributed by atoms with Crippen LogP contribution in [-0.2, 0) is 4.74 Å². The van der Waals surface area contributed by atoms with E-state index in [0.29, 0.717) is 17.1 Å². The number of hydrogen-bond acceptors (Lipinski definition) is 5. The van der Waals surface area contributed by atoms with E-state index in [-0.39, 0.29) is 11.4 Å². The van der Waals surface area contributed by atoms with Gasteiger partial charge in [0.25, 0.3) is 0 Å². The number of carbonyl (C=O) groups excluding carboxylic acids is 1. The Morgan fingerprint density at radius 1 is 1.08 bits per heavy atom. The number of benzene rings is 1. The topological polar surface area (TPSA) is 60.5 Å². The lowest BCUT2D eigenvalue weighted by Gasteiger charge is -2.22. The van der Waals surface area contributed by atoms with Gasteiger partial charge in [-0.2, -0.15) is 4.98 Å². The molecule has 0 unspecified atom stereocenters. The Kier molecular flexibility index (Phi) is 5.36. The third kappa shape index (κ3) is 4.72. The molecule has 1 heterocycles. The van der Waals surface area contributed by atoms with Crippen molar-refractivity contribution in [2.24, 2.45) is 0 Å². The van der Waals surface area contributed by atoms with Gasteiger partial charge in [0.05, 0.1) is 7.11 Å². The molecule has 0 atom stereocenters. The molecule has 5 heteroatoms. The molecule has 0 bridgehead atoms. The molecule has 1 aromatic heterocycles. The average molecular weight is 342 g/mol. The minimum Gasteiger partial charge on any atom is -0.465 e. The Morgan fingerprint density at radius 2 is 1.68 bits per heavy atom. The lowest BCUT2D eigenvalue weighted by molar-refractivity contribution is 0.0597. The van der Waals surface area contributed by atoms with Crippen LogP contribution in [0.5, 0.6) is 11.6 Å². The fourth-order valence-corrected chi connectivity index (χ4v) is 2.66. The highest BCUT2D eigenvalue weighted by Crippen LogP contribution is 2.32. The SMILES string of the molecule is COC(=O)c1ccc(NC(C)(C)C)nc1Oc1c(C)cc(C)cc1C. The summed E-state index contributed by atoms with van der Waals surface area (Å²) in [6, 6.07) is 7.50. The van der Waals surface area contributed by atoms with Crippen molar-refractivity contribution >= 4 is 11.8 Å². The monoisotopic (exact) mass is 342 g/mol. The van der Waals surface area contributed by atoms with Crippen LogP contribution in [0.15, 0.2) is 24.3 Å². The number of hydrogen-bond donors (Lipinski definition) is 1. The molecule has 0 spiro atoms. The molecule has 2 rings (SSSR count). The second-order valence-electron chi connectivity index (χ2n) is 7.25. The van der Waals surface area contributed by atoms with Gasteiger partial charge in [0, 0.05) is 5.54 Å². The van der Waals surface area contributed by atoms with E-state index in [2.05, 4.69) is 10.3 Å².